The first kappa shape index (κ1) is 26.3. The van der Waals surface area contributed by atoms with Gasteiger partial charge in [0.2, 0.25) is 12.7 Å². The van der Waals surface area contributed by atoms with Crippen LogP contribution in [-0.2, 0) is 11.0 Å². The summed E-state index contributed by atoms with van der Waals surface area (Å²) >= 11 is 0. The third kappa shape index (κ3) is 5.88. The minimum atomic E-state index is -4.57. The number of benzene rings is 2. The Kier molecular flexibility index (Phi) is 7.49. The van der Waals surface area contributed by atoms with Gasteiger partial charge in [0, 0.05) is 24.7 Å². The molecule has 3 aliphatic rings. The minimum absolute atomic E-state index is 0.184. The molecule has 2 heterocycles. The number of hydrogen-bond acceptors (Lipinski definition) is 6. The lowest BCUT2D eigenvalue weighted by atomic mass is 9.81. The van der Waals surface area contributed by atoms with Gasteiger partial charge in [-0.3, -0.25) is 14.5 Å². The molecule has 2 aromatic carbocycles. The van der Waals surface area contributed by atoms with Gasteiger partial charge >= 0.3 is 6.18 Å². The normalized spacial score (nSPS) is 25.3. The Morgan fingerprint density at radius 2 is 1.76 bits per heavy atom. The van der Waals surface area contributed by atoms with Crippen LogP contribution >= 0.6 is 0 Å². The maximum absolute atomic E-state index is 12.9. The van der Waals surface area contributed by atoms with E-state index in [0.717, 1.165) is 55.4 Å². The van der Waals surface area contributed by atoms with Crippen molar-refractivity contribution in [1.29, 1.82) is 0 Å². The smallest absolute Gasteiger partial charge is 0.416 e. The largest absolute Gasteiger partial charge is 0.454 e. The van der Waals surface area contributed by atoms with Gasteiger partial charge in [0.1, 0.15) is 0 Å². The van der Waals surface area contributed by atoms with Gasteiger partial charge in [-0.2, -0.15) is 13.2 Å². The number of alkyl halides is 3. The van der Waals surface area contributed by atoms with Gasteiger partial charge < -0.3 is 25.2 Å². The average Bonchev–Trinajstić information content (AvgIpc) is 3.53. The number of carbonyl (C=O) groups excluding carboxylic acids is 2. The number of amides is 2. The number of nitrogens with zero attached hydrogens (tertiary/aromatic N) is 1. The standard InChI is InChI=1S/C27H30F3N3O5/c28-27(29,30)19-3-1-2-18(10-19)26(36)31-12-25(35)32-21-13-33(14-22(21)34)20-7-4-16(5-8-20)17-6-9-23-24(11-17)38-15-37-23/h1-3,6,9-11,16,20-22,34H,4-5,7-8,12-15H2,(H,31,36)(H,32,35)/t16?,20?,21-,22-/m0/s1. The first-order chi connectivity index (χ1) is 18.2. The van der Waals surface area contributed by atoms with Crippen molar-refractivity contribution in [2.45, 2.75) is 56.0 Å². The van der Waals surface area contributed by atoms with Crippen LogP contribution in [0, 0.1) is 0 Å². The van der Waals surface area contributed by atoms with E-state index in [1.807, 2.05) is 6.07 Å². The summed E-state index contributed by atoms with van der Waals surface area (Å²) < 4.78 is 49.5. The second-order valence-electron chi connectivity index (χ2n) is 10.1. The molecule has 0 radical (unpaired) electrons. The van der Waals surface area contributed by atoms with Crippen LogP contribution in [-0.4, -0.2) is 66.4 Å². The molecule has 2 fully saturated rings. The van der Waals surface area contributed by atoms with Gasteiger partial charge in [-0.05, 0) is 67.5 Å². The molecule has 38 heavy (non-hydrogen) atoms. The van der Waals surface area contributed by atoms with Crippen LogP contribution < -0.4 is 20.1 Å². The summed E-state index contributed by atoms with van der Waals surface area (Å²) in [6.45, 7) is 0.788. The molecule has 8 nitrogen and oxygen atoms in total. The number of aliphatic hydroxyl groups excluding tert-OH is 1. The number of nitrogens with one attached hydrogen (secondary N) is 2. The van der Waals surface area contributed by atoms with Crippen molar-refractivity contribution in [2.24, 2.45) is 0 Å². The summed E-state index contributed by atoms with van der Waals surface area (Å²) in [4.78, 5) is 26.9. The summed E-state index contributed by atoms with van der Waals surface area (Å²) in [7, 11) is 0. The maximum atomic E-state index is 12.9. The number of halogens is 3. The zero-order valence-corrected chi connectivity index (χ0v) is 20.7. The highest BCUT2D eigenvalue weighted by molar-refractivity contribution is 5.96. The van der Waals surface area contributed by atoms with Crippen molar-refractivity contribution in [3.63, 3.8) is 0 Å². The molecule has 0 aromatic heterocycles. The number of β-amino-alcohol motifs (C(OH)–C–C–N with tert-alkyl or cyclic N) is 1. The fourth-order valence-electron chi connectivity index (χ4n) is 5.55. The van der Waals surface area contributed by atoms with E-state index < -0.39 is 42.2 Å². The van der Waals surface area contributed by atoms with Crippen LogP contribution in [0.4, 0.5) is 13.2 Å². The SMILES string of the molecule is O=C(CNC(=O)c1cccc(C(F)(F)F)c1)N[C@H]1CN(C2CCC(c3ccc4c(c3)OCO4)CC2)C[C@@H]1O. The average molecular weight is 534 g/mol. The molecule has 0 spiro atoms. The molecule has 11 heteroatoms. The van der Waals surface area contributed by atoms with Crippen LogP contribution in [0.25, 0.3) is 0 Å². The zero-order chi connectivity index (χ0) is 26.9. The molecule has 3 N–H and O–H groups in total. The monoisotopic (exact) mass is 533 g/mol. The van der Waals surface area contributed by atoms with Gasteiger partial charge in [-0.15, -0.1) is 0 Å². The zero-order valence-electron chi connectivity index (χ0n) is 20.7. The lowest BCUT2D eigenvalue weighted by Crippen LogP contribution is -2.47. The highest BCUT2D eigenvalue weighted by Crippen LogP contribution is 2.40. The molecular formula is C27H30F3N3O5. The summed E-state index contributed by atoms with van der Waals surface area (Å²) in [5.74, 6) is 0.708. The Morgan fingerprint density at radius 3 is 2.53 bits per heavy atom. The second-order valence-corrected chi connectivity index (χ2v) is 10.1. The van der Waals surface area contributed by atoms with Crippen LogP contribution in [0.5, 0.6) is 11.5 Å². The molecule has 2 aromatic rings. The summed E-state index contributed by atoms with van der Waals surface area (Å²) in [6, 6.07) is 9.94. The Bertz CT molecular complexity index is 1180. The van der Waals surface area contributed by atoms with Crippen molar-refractivity contribution >= 4 is 11.8 Å². The van der Waals surface area contributed by atoms with Gasteiger partial charge in [0.25, 0.3) is 5.91 Å². The first-order valence-electron chi connectivity index (χ1n) is 12.7. The Hall–Kier alpha value is -3.31. The van der Waals surface area contributed by atoms with E-state index in [1.165, 1.54) is 11.6 Å². The molecule has 2 aliphatic heterocycles. The molecule has 0 unspecified atom stereocenters. The van der Waals surface area contributed by atoms with Gasteiger partial charge in [0.15, 0.2) is 11.5 Å². The highest BCUT2D eigenvalue weighted by Gasteiger charge is 2.37. The van der Waals surface area contributed by atoms with E-state index in [0.29, 0.717) is 25.0 Å². The highest BCUT2D eigenvalue weighted by atomic mass is 19.4. The van der Waals surface area contributed by atoms with Crippen molar-refractivity contribution in [3.8, 4) is 11.5 Å². The molecule has 1 aliphatic carbocycles. The molecule has 204 valence electrons. The second kappa shape index (κ2) is 10.8. The number of aliphatic hydroxyl groups is 1. The van der Waals surface area contributed by atoms with Gasteiger partial charge in [-0.1, -0.05) is 12.1 Å². The van der Waals surface area contributed by atoms with Crippen molar-refractivity contribution in [2.75, 3.05) is 26.4 Å². The Morgan fingerprint density at radius 1 is 1.00 bits per heavy atom. The van der Waals surface area contributed by atoms with Gasteiger partial charge in [-0.25, -0.2) is 0 Å². The minimum Gasteiger partial charge on any atom is -0.454 e. The van der Waals surface area contributed by atoms with E-state index in [9.17, 15) is 27.9 Å². The van der Waals surface area contributed by atoms with Crippen LogP contribution in [0.3, 0.4) is 0 Å². The summed E-state index contributed by atoms with van der Waals surface area (Å²) in [5, 5.41) is 15.6. The van der Waals surface area contributed by atoms with Gasteiger partial charge in [0.05, 0.1) is 24.3 Å². The first-order valence-corrected chi connectivity index (χ1v) is 12.7. The summed E-state index contributed by atoms with van der Waals surface area (Å²) in [5.41, 5.74) is 0.122. The lowest BCUT2D eigenvalue weighted by Gasteiger charge is -2.34. The lowest BCUT2D eigenvalue weighted by molar-refractivity contribution is -0.137. The van der Waals surface area contributed by atoms with E-state index in [1.54, 1.807) is 0 Å². The van der Waals surface area contributed by atoms with Crippen LogP contribution in [0.15, 0.2) is 42.5 Å². The van der Waals surface area contributed by atoms with E-state index >= 15 is 0 Å². The molecular weight excluding hydrogens is 503 g/mol. The number of rotatable bonds is 6. The molecule has 1 saturated carbocycles. The van der Waals surface area contributed by atoms with Crippen molar-refractivity contribution in [1.82, 2.24) is 15.5 Å². The number of fused-ring (bicyclic) bond motifs is 1. The third-order valence-corrected chi connectivity index (χ3v) is 7.61. The Labute approximate surface area is 218 Å². The van der Waals surface area contributed by atoms with Crippen LogP contribution in [0.2, 0.25) is 0 Å². The van der Waals surface area contributed by atoms with E-state index in [2.05, 4.69) is 27.7 Å². The van der Waals surface area contributed by atoms with Crippen LogP contribution in [0.1, 0.15) is 53.1 Å². The quantitative estimate of drug-likeness (QED) is 0.528. The fraction of sp³-hybridized carbons (Fsp3) is 0.481. The predicted octanol–water partition coefficient (Wildman–Crippen LogP) is 3.05. The number of ether oxygens (including phenoxy) is 2. The molecule has 5 rings (SSSR count). The topological polar surface area (TPSA) is 100 Å². The molecule has 2 atom stereocenters. The third-order valence-electron chi connectivity index (χ3n) is 7.61. The fourth-order valence-corrected chi connectivity index (χ4v) is 5.55. The van der Waals surface area contributed by atoms with E-state index in [-0.39, 0.29) is 12.4 Å². The number of hydrogen-bond donors (Lipinski definition) is 3. The molecule has 0 bridgehead atoms. The van der Waals surface area contributed by atoms with Crippen molar-refractivity contribution < 1.29 is 37.3 Å². The maximum Gasteiger partial charge on any atom is 0.416 e. The number of likely N-dealkylation sites (tertiary alicyclic amines) is 1. The predicted molar refractivity (Wildman–Crippen MR) is 131 cm³/mol. The summed E-state index contributed by atoms with van der Waals surface area (Å²) in [6.07, 6.45) is -1.35. The Balaban J connectivity index is 1.07. The number of carbonyl (C=O) groups is 2. The molecule has 1 saturated heterocycles. The molecule has 2 amide bonds. The van der Waals surface area contributed by atoms with Crippen molar-refractivity contribution in [3.05, 3.63) is 59.2 Å². The van der Waals surface area contributed by atoms with E-state index in [4.69, 9.17) is 9.47 Å².